The molecule has 1 aromatic heterocycles. The molecule has 2 N–H and O–H groups in total. The van der Waals surface area contributed by atoms with Crippen molar-refractivity contribution < 1.29 is 22.7 Å². The molecule has 0 bridgehead atoms. The van der Waals surface area contributed by atoms with E-state index in [1.807, 2.05) is 0 Å². The van der Waals surface area contributed by atoms with Gasteiger partial charge in [-0.05, 0) is 62.2 Å². The first-order chi connectivity index (χ1) is 15.9. The predicted octanol–water partition coefficient (Wildman–Crippen LogP) is 2.25. The van der Waals surface area contributed by atoms with Gasteiger partial charge in [-0.3, -0.25) is 9.59 Å². The molecule has 1 aliphatic rings. The molecule has 4 rings (SSSR count). The Morgan fingerprint density at radius 3 is 2.18 bits per heavy atom. The first kappa shape index (κ1) is 23.5. The number of carbonyl (C=O) groups excluding carboxylic acids is 2. The van der Waals surface area contributed by atoms with E-state index >= 15 is 0 Å². The minimum absolute atomic E-state index is 0.0927. The number of methoxy groups -OCH3 is 1. The lowest BCUT2D eigenvalue weighted by atomic mass is 9.84. The first-order valence-electron chi connectivity index (χ1n) is 10.6. The number of primary amides is 1. The van der Waals surface area contributed by atoms with Gasteiger partial charge >= 0.3 is 0 Å². The summed E-state index contributed by atoms with van der Waals surface area (Å²) >= 11 is 0. The summed E-state index contributed by atoms with van der Waals surface area (Å²) < 4.78 is 31.4. The molecule has 0 atom stereocenters. The van der Waals surface area contributed by atoms with Crippen LogP contribution in [-0.2, 0) is 26.5 Å². The third-order valence-electron chi connectivity index (χ3n) is 6.16. The maximum absolute atomic E-state index is 13.6. The van der Waals surface area contributed by atoms with Crippen LogP contribution in [0.15, 0.2) is 53.6 Å². The lowest BCUT2D eigenvalue weighted by molar-refractivity contribution is -0.122. The minimum Gasteiger partial charge on any atom is -0.497 e. The van der Waals surface area contributed by atoms with Gasteiger partial charge in [0.25, 0.3) is 5.91 Å². The quantitative estimate of drug-likeness (QED) is 0.575. The fraction of sp³-hybridized carbons (Fsp3) is 0.292. The maximum atomic E-state index is 13.6. The van der Waals surface area contributed by atoms with E-state index in [9.17, 15) is 18.0 Å². The highest BCUT2D eigenvalue weighted by atomic mass is 32.2. The number of benzene rings is 2. The summed E-state index contributed by atoms with van der Waals surface area (Å²) in [6, 6.07) is 13.9. The molecular weight excluding hydrogens is 456 g/mol. The zero-order chi connectivity index (χ0) is 24.8. The Kier molecular flexibility index (Phi) is 5.72. The van der Waals surface area contributed by atoms with Gasteiger partial charge in [0.05, 0.1) is 18.2 Å². The van der Waals surface area contributed by atoms with Crippen molar-refractivity contribution in [2.24, 2.45) is 5.73 Å². The number of hydrogen-bond donors (Lipinski definition) is 1. The van der Waals surface area contributed by atoms with Crippen molar-refractivity contribution in [2.45, 2.75) is 30.7 Å². The van der Waals surface area contributed by atoms with Gasteiger partial charge in [-0.2, -0.15) is 5.10 Å². The number of nitrogens with two attached hydrogens (primary N) is 1. The molecule has 1 aliphatic heterocycles. The normalized spacial score (nSPS) is 14.1. The molecule has 0 fully saturated rings. The van der Waals surface area contributed by atoms with E-state index < -0.39 is 21.2 Å². The van der Waals surface area contributed by atoms with Crippen LogP contribution in [-0.4, -0.2) is 49.9 Å². The number of amides is 2. The van der Waals surface area contributed by atoms with Crippen molar-refractivity contribution in [1.82, 2.24) is 9.78 Å². The third-order valence-corrected chi connectivity index (χ3v) is 7.20. The van der Waals surface area contributed by atoms with Crippen LogP contribution in [0.4, 0.5) is 5.69 Å². The van der Waals surface area contributed by atoms with Crippen LogP contribution in [0, 0.1) is 0 Å². The number of rotatable bonds is 6. The van der Waals surface area contributed by atoms with Crippen LogP contribution < -0.4 is 15.4 Å². The molecule has 2 amide bonds. The highest BCUT2D eigenvalue weighted by Crippen LogP contribution is 2.32. The van der Waals surface area contributed by atoms with E-state index in [0.29, 0.717) is 35.7 Å². The molecule has 34 heavy (non-hydrogen) atoms. The number of hydrogen-bond acceptors (Lipinski definition) is 6. The van der Waals surface area contributed by atoms with Crippen LogP contribution in [0.2, 0.25) is 0 Å². The molecule has 10 heteroatoms. The summed E-state index contributed by atoms with van der Waals surface area (Å²) in [5, 5.41) is 4.23. The zero-order valence-electron chi connectivity index (χ0n) is 19.4. The maximum Gasteiger partial charge on any atom is 0.277 e. The van der Waals surface area contributed by atoms with Crippen LogP contribution in [0.3, 0.4) is 0 Å². The lowest BCUT2D eigenvalue weighted by Crippen LogP contribution is -2.39. The van der Waals surface area contributed by atoms with Gasteiger partial charge in [0.2, 0.25) is 5.91 Å². The highest BCUT2D eigenvalue weighted by molar-refractivity contribution is 7.90. The smallest absolute Gasteiger partial charge is 0.277 e. The summed E-state index contributed by atoms with van der Waals surface area (Å²) in [5.41, 5.74) is 7.18. The molecule has 0 saturated heterocycles. The molecule has 9 nitrogen and oxygen atoms in total. The Morgan fingerprint density at radius 2 is 1.65 bits per heavy atom. The minimum atomic E-state index is -3.65. The van der Waals surface area contributed by atoms with E-state index in [1.54, 1.807) is 74.4 Å². The average molecular weight is 483 g/mol. The van der Waals surface area contributed by atoms with Crippen molar-refractivity contribution in [3.8, 4) is 11.4 Å². The number of ether oxygens (including phenoxy) is 1. The number of anilines is 1. The van der Waals surface area contributed by atoms with Crippen LogP contribution in [0.25, 0.3) is 5.69 Å². The molecule has 0 aliphatic carbocycles. The number of carbonyl (C=O) groups is 2. The van der Waals surface area contributed by atoms with Crippen molar-refractivity contribution in [1.29, 1.82) is 0 Å². The molecule has 0 radical (unpaired) electrons. The van der Waals surface area contributed by atoms with Crippen LogP contribution in [0.5, 0.6) is 5.75 Å². The van der Waals surface area contributed by atoms with Gasteiger partial charge < -0.3 is 15.4 Å². The molecule has 2 aromatic carbocycles. The summed E-state index contributed by atoms with van der Waals surface area (Å²) in [6.45, 7) is 3.77. The fourth-order valence-corrected chi connectivity index (χ4v) is 4.86. The van der Waals surface area contributed by atoms with E-state index in [0.717, 1.165) is 11.8 Å². The van der Waals surface area contributed by atoms with Crippen LogP contribution >= 0.6 is 0 Å². The highest BCUT2D eigenvalue weighted by Gasteiger charge is 2.36. The topological polar surface area (TPSA) is 125 Å². The summed E-state index contributed by atoms with van der Waals surface area (Å²) in [4.78, 5) is 27.0. The Hall–Kier alpha value is -3.66. The number of aromatic nitrogens is 2. The monoisotopic (exact) mass is 482 g/mol. The van der Waals surface area contributed by atoms with E-state index in [-0.39, 0.29) is 16.6 Å². The van der Waals surface area contributed by atoms with Crippen molar-refractivity contribution in [2.75, 3.05) is 24.8 Å². The SMILES string of the molecule is COc1ccc(-n2nc(S(C)(=O)=O)c3c2C(=O)N(c2ccc(C(C)(C)C(N)=O)cc2)CC3)cc1. The number of sulfone groups is 1. The largest absolute Gasteiger partial charge is 0.497 e. The Morgan fingerprint density at radius 1 is 1.06 bits per heavy atom. The average Bonchev–Trinajstić information content (AvgIpc) is 3.20. The van der Waals surface area contributed by atoms with Crippen molar-refractivity contribution in [3.63, 3.8) is 0 Å². The lowest BCUT2D eigenvalue weighted by Gasteiger charge is -2.28. The molecule has 0 spiro atoms. The Labute approximate surface area is 198 Å². The van der Waals surface area contributed by atoms with Crippen molar-refractivity contribution >= 4 is 27.3 Å². The van der Waals surface area contributed by atoms with Gasteiger partial charge in [0.1, 0.15) is 11.4 Å². The summed E-state index contributed by atoms with van der Waals surface area (Å²) in [7, 11) is -2.11. The Bertz CT molecular complexity index is 1370. The van der Waals surface area contributed by atoms with Gasteiger partial charge in [-0.15, -0.1) is 0 Å². The zero-order valence-corrected chi connectivity index (χ0v) is 20.2. The molecule has 3 aromatic rings. The van der Waals surface area contributed by atoms with Gasteiger partial charge in [0, 0.05) is 24.1 Å². The molecular formula is C24H26N4O5S. The van der Waals surface area contributed by atoms with Crippen molar-refractivity contribution in [3.05, 3.63) is 65.4 Å². The third kappa shape index (κ3) is 3.94. The van der Waals surface area contributed by atoms with Gasteiger partial charge in [-0.25, -0.2) is 13.1 Å². The molecule has 0 saturated carbocycles. The standard InChI is InChI=1S/C24H26N4O5S/c1-24(2,23(25)30)15-5-7-16(8-6-15)27-14-13-19-20(22(27)29)28(26-21(19)34(4,31)32)17-9-11-18(33-3)12-10-17/h5-12H,13-14H2,1-4H3,(H2,25,30). The predicted molar refractivity (Wildman–Crippen MR) is 127 cm³/mol. The van der Waals surface area contributed by atoms with E-state index in [1.165, 1.54) is 4.68 Å². The second-order valence-electron chi connectivity index (χ2n) is 8.76. The molecule has 178 valence electrons. The molecule has 0 unspecified atom stereocenters. The molecule has 2 heterocycles. The Balaban J connectivity index is 1.78. The van der Waals surface area contributed by atoms with E-state index in [4.69, 9.17) is 10.5 Å². The second-order valence-corrected chi connectivity index (χ2v) is 10.7. The van der Waals surface area contributed by atoms with Gasteiger partial charge in [0.15, 0.2) is 14.9 Å². The van der Waals surface area contributed by atoms with Gasteiger partial charge in [-0.1, -0.05) is 12.1 Å². The van der Waals surface area contributed by atoms with Crippen LogP contribution in [0.1, 0.15) is 35.5 Å². The fourth-order valence-electron chi connectivity index (χ4n) is 3.98. The number of nitrogens with zero attached hydrogens (tertiary/aromatic N) is 3. The second kappa shape index (κ2) is 8.28. The summed E-state index contributed by atoms with van der Waals surface area (Å²) in [6.07, 6.45) is 1.41. The first-order valence-corrected chi connectivity index (χ1v) is 12.5. The number of fused-ring (bicyclic) bond motifs is 1. The van der Waals surface area contributed by atoms with E-state index in [2.05, 4.69) is 5.10 Å². The summed E-state index contributed by atoms with van der Waals surface area (Å²) in [5.74, 6) is -0.183.